The fourth-order valence-corrected chi connectivity index (χ4v) is 9.53. The van der Waals surface area contributed by atoms with E-state index in [1.165, 1.54) is 244 Å². The van der Waals surface area contributed by atoms with E-state index < -0.39 is 6.10 Å². The van der Waals surface area contributed by atoms with Gasteiger partial charge in [0, 0.05) is 19.3 Å². The molecule has 0 saturated heterocycles. The van der Waals surface area contributed by atoms with Crippen LogP contribution in [0, 0.1) is 0 Å². The van der Waals surface area contributed by atoms with Gasteiger partial charge in [-0.25, -0.2) is 0 Å². The normalized spacial score (nSPS) is 12.2. The number of rotatable bonds is 59. The molecule has 0 fully saturated rings. The fraction of sp³-hybridized carbons (Fsp3) is 0.864. The summed E-state index contributed by atoms with van der Waals surface area (Å²) in [6.45, 7) is 6.65. The molecule has 0 spiro atoms. The first-order valence-electron chi connectivity index (χ1n) is 32.0. The standard InChI is InChI=1S/C66H122O6/c1-4-7-10-13-16-19-21-23-25-27-29-31-32-33-34-36-37-39-41-43-45-47-50-53-56-59-65(68)71-62-63(61-70-64(67)58-55-52-49-18-15-12-9-6-3)72-66(69)60-57-54-51-48-46-44-42-40-38-35-30-28-26-24-22-20-17-14-11-8-5-2/h21,23,27-30,63H,4-20,22,24-26,31-62H2,1-3H3/b23-21-,29-27-,30-28-. The van der Waals surface area contributed by atoms with Crippen molar-refractivity contribution in [2.75, 3.05) is 13.2 Å². The molecule has 0 saturated carbocycles. The van der Waals surface area contributed by atoms with E-state index >= 15 is 0 Å². The molecule has 0 aromatic rings. The van der Waals surface area contributed by atoms with Crippen molar-refractivity contribution in [1.82, 2.24) is 0 Å². The van der Waals surface area contributed by atoms with Gasteiger partial charge < -0.3 is 14.2 Å². The first kappa shape index (κ1) is 69.6. The predicted molar refractivity (Wildman–Crippen MR) is 312 cm³/mol. The third-order valence-corrected chi connectivity index (χ3v) is 14.4. The topological polar surface area (TPSA) is 78.9 Å². The van der Waals surface area contributed by atoms with E-state index in [0.717, 1.165) is 64.2 Å². The lowest BCUT2D eigenvalue weighted by Crippen LogP contribution is -2.30. The summed E-state index contributed by atoms with van der Waals surface area (Å²) in [5.74, 6) is -0.856. The highest BCUT2D eigenvalue weighted by Gasteiger charge is 2.19. The lowest BCUT2D eigenvalue weighted by molar-refractivity contribution is -0.167. The van der Waals surface area contributed by atoms with Crippen LogP contribution in [0.5, 0.6) is 0 Å². The Morgan fingerprint density at radius 3 is 0.778 bits per heavy atom. The van der Waals surface area contributed by atoms with Gasteiger partial charge >= 0.3 is 17.9 Å². The molecule has 422 valence electrons. The molecule has 0 radical (unpaired) electrons. The average Bonchev–Trinajstić information content (AvgIpc) is 3.38. The summed E-state index contributed by atoms with van der Waals surface area (Å²) in [6, 6.07) is 0. The van der Waals surface area contributed by atoms with Crippen LogP contribution in [0.4, 0.5) is 0 Å². The minimum absolute atomic E-state index is 0.0693. The molecule has 6 heteroatoms. The van der Waals surface area contributed by atoms with Gasteiger partial charge in [-0.1, -0.05) is 288 Å². The summed E-state index contributed by atoms with van der Waals surface area (Å²) in [5, 5.41) is 0. The summed E-state index contributed by atoms with van der Waals surface area (Å²) in [7, 11) is 0. The van der Waals surface area contributed by atoms with E-state index in [9.17, 15) is 14.4 Å². The van der Waals surface area contributed by atoms with Crippen molar-refractivity contribution in [2.45, 2.75) is 354 Å². The van der Waals surface area contributed by atoms with Gasteiger partial charge in [0.1, 0.15) is 13.2 Å². The highest BCUT2D eigenvalue weighted by atomic mass is 16.6. The van der Waals surface area contributed by atoms with Crippen LogP contribution < -0.4 is 0 Å². The van der Waals surface area contributed by atoms with Crippen LogP contribution in [0.1, 0.15) is 348 Å². The Labute approximate surface area is 448 Å². The molecule has 0 bridgehead atoms. The Morgan fingerprint density at radius 1 is 0.278 bits per heavy atom. The first-order chi connectivity index (χ1) is 35.5. The number of carbonyl (C=O) groups is 3. The maximum Gasteiger partial charge on any atom is 0.306 e. The van der Waals surface area contributed by atoms with E-state index in [4.69, 9.17) is 14.2 Å². The van der Waals surface area contributed by atoms with Gasteiger partial charge in [-0.3, -0.25) is 14.4 Å². The summed E-state index contributed by atoms with van der Waals surface area (Å²) >= 11 is 0. The van der Waals surface area contributed by atoms with Crippen molar-refractivity contribution < 1.29 is 28.6 Å². The molecular weight excluding hydrogens is 889 g/mol. The fourth-order valence-electron chi connectivity index (χ4n) is 9.53. The highest BCUT2D eigenvalue weighted by molar-refractivity contribution is 5.71. The number of hydrogen-bond acceptors (Lipinski definition) is 6. The molecule has 0 aromatic heterocycles. The number of allylic oxidation sites excluding steroid dienone is 6. The van der Waals surface area contributed by atoms with Crippen molar-refractivity contribution in [2.24, 2.45) is 0 Å². The van der Waals surface area contributed by atoms with Gasteiger partial charge in [0.2, 0.25) is 0 Å². The molecule has 0 heterocycles. The van der Waals surface area contributed by atoms with Crippen LogP contribution in [0.3, 0.4) is 0 Å². The minimum atomic E-state index is -0.770. The van der Waals surface area contributed by atoms with Gasteiger partial charge in [0.05, 0.1) is 0 Å². The molecule has 72 heavy (non-hydrogen) atoms. The van der Waals surface area contributed by atoms with Gasteiger partial charge in [0.25, 0.3) is 0 Å². The van der Waals surface area contributed by atoms with Crippen molar-refractivity contribution in [3.05, 3.63) is 36.5 Å². The van der Waals surface area contributed by atoms with Crippen LogP contribution in [-0.4, -0.2) is 37.2 Å². The highest BCUT2D eigenvalue weighted by Crippen LogP contribution is 2.17. The number of ether oxygens (including phenoxy) is 3. The summed E-state index contributed by atoms with van der Waals surface area (Å²) in [4.78, 5) is 38.1. The zero-order valence-corrected chi connectivity index (χ0v) is 48.5. The van der Waals surface area contributed by atoms with E-state index in [-0.39, 0.29) is 31.1 Å². The van der Waals surface area contributed by atoms with Gasteiger partial charge in [-0.15, -0.1) is 0 Å². The number of unbranched alkanes of at least 4 members (excludes halogenated alkanes) is 42. The smallest absolute Gasteiger partial charge is 0.306 e. The second kappa shape index (κ2) is 61.2. The van der Waals surface area contributed by atoms with Gasteiger partial charge in [-0.2, -0.15) is 0 Å². The van der Waals surface area contributed by atoms with Crippen molar-refractivity contribution in [3.8, 4) is 0 Å². The Morgan fingerprint density at radius 2 is 0.500 bits per heavy atom. The molecule has 1 unspecified atom stereocenters. The van der Waals surface area contributed by atoms with Crippen molar-refractivity contribution >= 4 is 17.9 Å². The molecule has 0 N–H and O–H groups in total. The summed E-state index contributed by atoms with van der Waals surface area (Å²) in [5.41, 5.74) is 0. The van der Waals surface area contributed by atoms with Crippen LogP contribution >= 0.6 is 0 Å². The maximum absolute atomic E-state index is 12.9. The zero-order chi connectivity index (χ0) is 52.2. The van der Waals surface area contributed by atoms with E-state index in [2.05, 4.69) is 57.2 Å². The molecule has 0 amide bonds. The van der Waals surface area contributed by atoms with E-state index in [1.54, 1.807) is 0 Å². The van der Waals surface area contributed by atoms with E-state index in [0.29, 0.717) is 19.3 Å². The van der Waals surface area contributed by atoms with Crippen LogP contribution in [0.2, 0.25) is 0 Å². The Bertz CT molecular complexity index is 1210. The van der Waals surface area contributed by atoms with Crippen molar-refractivity contribution in [3.63, 3.8) is 0 Å². The second-order valence-corrected chi connectivity index (χ2v) is 21.7. The second-order valence-electron chi connectivity index (χ2n) is 21.7. The third-order valence-electron chi connectivity index (χ3n) is 14.4. The lowest BCUT2D eigenvalue weighted by atomic mass is 10.0. The molecule has 0 aliphatic rings. The molecule has 0 aliphatic heterocycles. The number of carbonyl (C=O) groups excluding carboxylic acids is 3. The first-order valence-corrected chi connectivity index (χ1v) is 32.0. The van der Waals surface area contributed by atoms with Crippen molar-refractivity contribution in [1.29, 1.82) is 0 Å². The molecule has 0 aliphatic carbocycles. The predicted octanol–water partition coefficient (Wildman–Crippen LogP) is 21.6. The van der Waals surface area contributed by atoms with Gasteiger partial charge in [0.15, 0.2) is 6.10 Å². The van der Waals surface area contributed by atoms with Crippen LogP contribution in [0.25, 0.3) is 0 Å². The SMILES string of the molecule is CCCCCCC/C=C\C/C=C\CCCCCCCCCCCCCCCC(=O)OCC(COC(=O)CCCCCCCCCC)OC(=O)CCCCCCCCCCC/C=C\CCCCCCCCCC. The Hall–Kier alpha value is -2.37. The average molecular weight is 1010 g/mol. The lowest BCUT2D eigenvalue weighted by Gasteiger charge is -2.18. The molecule has 0 aromatic carbocycles. The number of esters is 3. The Kier molecular flexibility index (Phi) is 59.2. The van der Waals surface area contributed by atoms with Crippen LogP contribution in [-0.2, 0) is 28.6 Å². The third kappa shape index (κ3) is 58.5. The minimum Gasteiger partial charge on any atom is -0.462 e. The monoisotopic (exact) mass is 1010 g/mol. The van der Waals surface area contributed by atoms with E-state index in [1.807, 2.05) is 0 Å². The maximum atomic E-state index is 12.9. The molecule has 1 atom stereocenters. The zero-order valence-electron chi connectivity index (χ0n) is 48.5. The molecule has 0 rings (SSSR count). The van der Waals surface area contributed by atoms with Crippen LogP contribution in [0.15, 0.2) is 36.5 Å². The quantitative estimate of drug-likeness (QED) is 0.0261. The molecular formula is C66H122O6. The molecule has 6 nitrogen and oxygen atoms in total. The van der Waals surface area contributed by atoms with Gasteiger partial charge in [-0.05, 0) is 77.0 Å². The largest absolute Gasteiger partial charge is 0.462 e. The summed E-state index contributed by atoms with van der Waals surface area (Å²) < 4.78 is 16.9. The summed E-state index contributed by atoms with van der Waals surface area (Å²) in [6.07, 6.45) is 74.6. The number of hydrogen-bond donors (Lipinski definition) is 0. The Balaban J connectivity index is 4.14.